The maximum Gasteiger partial charge on any atom is 0.0551 e. The predicted octanol–water partition coefficient (Wildman–Crippen LogP) is 1.37. The summed E-state index contributed by atoms with van der Waals surface area (Å²) in [6, 6.07) is 10.3. The predicted molar refractivity (Wildman–Crippen MR) is 50.9 cm³/mol. The van der Waals surface area contributed by atoms with E-state index in [4.69, 9.17) is 5.11 Å². The van der Waals surface area contributed by atoms with Crippen LogP contribution in [-0.2, 0) is 0 Å². The van der Waals surface area contributed by atoms with Crippen molar-refractivity contribution in [3.05, 3.63) is 30.3 Å². The van der Waals surface area contributed by atoms with Gasteiger partial charge in [-0.2, -0.15) is 0 Å². The van der Waals surface area contributed by atoms with Crippen molar-refractivity contribution in [3.63, 3.8) is 0 Å². The number of aliphatic hydroxyl groups is 1. The Kier molecular flexibility index (Phi) is 3.55. The Bertz CT molecular complexity index is 196. The molecule has 2 heteroatoms. The molecular weight excluding hydrogens is 155 g/mol. The highest BCUT2D eigenvalue weighted by molar-refractivity contribution is 7.47. The molecule has 0 aromatic heterocycles. The molecule has 1 nitrogen and oxygen atoms in total. The first-order valence-electron chi connectivity index (χ1n) is 3.76. The van der Waals surface area contributed by atoms with E-state index < -0.39 is 0 Å². The van der Waals surface area contributed by atoms with Crippen molar-refractivity contribution < 1.29 is 5.11 Å². The number of rotatable bonds is 3. The van der Waals surface area contributed by atoms with Gasteiger partial charge >= 0.3 is 0 Å². The second-order valence-electron chi connectivity index (χ2n) is 2.60. The maximum absolute atomic E-state index is 9.02. The van der Waals surface area contributed by atoms with Gasteiger partial charge in [-0.05, 0) is 18.4 Å². The lowest BCUT2D eigenvalue weighted by Gasteiger charge is -2.03. The van der Waals surface area contributed by atoms with Gasteiger partial charge < -0.3 is 5.11 Å². The van der Waals surface area contributed by atoms with Crippen molar-refractivity contribution in [1.82, 2.24) is 0 Å². The molecule has 0 aliphatic rings. The fourth-order valence-electron chi connectivity index (χ4n) is 0.822. The zero-order valence-corrected chi connectivity index (χ0v) is 7.62. The average Bonchev–Trinajstić information content (AvgIpc) is 2.03. The van der Waals surface area contributed by atoms with Gasteiger partial charge in [0.25, 0.3) is 0 Å². The van der Waals surface area contributed by atoms with Gasteiger partial charge in [0.05, 0.1) is 6.10 Å². The van der Waals surface area contributed by atoms with E-state index in [1.165, 1.54) is 5.30 Å². The minimum Gasteiger partial charge on any atom is -0.393 e. The van der Waals surface area contributed by atoms with Gasteiger partial charge in [-0.25, -0.2) is 0 Å². The van der Waals surface area contributed by atoms with E-state index in [-0.39, 0.29) is 6.10 Å². The molecule has 2 unspecified atom stereocenters. The summed E-state index contributed by atoms with van der Waals surface area (Å²) in [7, 11) is 0.735. The molecule has 1 aromatic carbocycles. The van der Waals surface area contributed by atoms with E-state index >= 15 is 0 Å². The molecule has 0 aliphatic heterocycles. The quantitative estimate of drug-likeness (QED) is 0.676. The smallest absolute Gasteiger partial charge is 0.0551 e. The molecule has 0 heterocycles. The lowest BCUT2D eigenvalue weighted by Crippen LogP contribution is -2.05. The van der Waals surface area contributed by atoms with E-state index in [2.05, 4.69) is 12.1 Å². The molecule has 0 saturated heterocycles. The van der Waals surface area contributed by atoms with Crippen LogP contribution in [0.4, 0.5) is 0 Å². The summed E-state index contributed by atoms with van der Waals surface area (Å²) >= 11 is 0. The van der Waals surface area contributed by atoms with Gasteiger partial charge in [-0.15, -0.1) is 0 Å². The fraction of sp³-hybridized carbons (Fsp3) is 0.333. The first-order chi connectivity index (χ1) is 5.29. The molecule has 2 atom stereocenters. The van der Waals surface area contributed by atoms with Crippen LogP contribution in [0.2, 0.25) is 0 Å². The van der Waals surface area contributed by atoms with Crippen LogP contribution in [0.1, 0.15) is 6.92 Å². The van der Waals surface area contributed by atoms with E-state index in [0.717, 1.165) is 14.7 Å². The topological polar surface area (TPSA) is 20.2 Å². The fourth-order valence-corrected chi connectivity index (χ4v) is 1.78. The highest BCUT2D eigenvalue weighted by Gasteiger charge is 1.95. The third-order valence-corrected chi connectivity index (χ3v) is 2.91. The van der Waals surface area contributed by atoms with Crippen molar-refractivity contribution in [2.75, 3.05) is 6.16 Å². The number of hydrogen-bond donors (Lipinski definition) is 1. The first-order valence-corrected chi connectivity index (χ1v) is 4.97. The third kappa shape index (κ3) is 3.50. The van der Waals surface area contributed by atoms with Crippen LogP contribution >= 0.6 is 8.58 Å². The minimum absolute atomic E-state index is 0.173. The van der Waals surface area contributed by atoms with Gasteiger partial charge in [0, 0.05) is 0 Å². The third-order valence-electron chi connectivity index (χ3n) is 1.38. The average molecular weight is 168 g/mol. The molecule has 0 fully saturated rings. The second kappa shape index (κ2) is 4.48. The SMILES string of the molecule is CC(O)CPc1ccccc1. The molecule has 0 saturated carbocycles. The molecule has 1 N–H and O–H groups in total. The van der Waals surface area contributed by atoms with Crippen molar-refractivity contribution in [1.29, 1.82) is 0 Å². The Morgan fingerprint density at radius 1 is 1.36 bits per heavy atom. The largest absolute Gasteiger partial charge is 0.393 e. The van der Waals surface area contributed by atoms with Crippen molar-refractivity contribution in [3.8, 4) is 0 Å². The minimum atomic E-state index is -0.173. The summed E-state index contributed by atoms with van der Waals surface area (Å²) in [6.45, 7) is 1.83. The Morgan fingerprint density at radius 3 is 2.55 bits per heavy atom. The Labute approximate surface area is 69.2 Å². The van der Waals surface area contributed by atoms with Crippen molar-refractivity contribution >= 4 is 13.9 Å². The van der Waals surface area contributed by atoms with Crippen molar-refractivity contribution in [2.45, 2.75) is 13.0 Å². The van der Waals surface area contributed by atoms with Crippen LogP contribution in [0.15, 0.2) is 30.3 Å². The van der Waals surface area contributed by atoms with Crippen LogP contribution in [0.5, 0.6) is 0 Å². The summed E-state index contributed by atoms with van der Waals surface area (Å²) in [5.41, 5.74) is 0. The van der Waals surface area contributed by atoms with Crippen LogP contribution in [0.3, 0.4) is 0 Å². The van der Waals surface area contributed by atoms with Crippen molar-refractivity contribution in [2.24, 2.45) is 0 Å². The molecule has 0 radical (unpaired) electrons. The lowest BCUT2D eigenvalue weighted by molar-refractivity contribution is 0.220. The summed E-state index contributed by atoms with van der Waals surface area (Å²) in [6.07, 6.45) is 0.706. The lowest BCUT2D eigenvalue weighted by atomic mass is 10.4. The molecular formula is C9H13OP. The van der Waals surface area contributed by atoms with Gasteiger partial charge in [0.1, 0.15) is 0 Å². The van der Waals surface area contributed by atoms with Crippen LogP contribution in [0, 0.1) is 0 Å². The molecule has 0 spiro atoms. The van der Waals surface area contributed by atoms with Gasteiger partial charge in [0.2, 0.25) is 0 Å². The maximum atomic E-state index is 9.02. The molecule has 11 heavy (non-hydrogen) atoms. The molecule has 1 aromatic rings. The summed E-state index contributed by atoms with van der Waals surface area (Å²) in [5, 5.41) is 10.3. The van der Waals surface area contributed by atoms with E-state index in [0.29, 0.717) is 0 Å². The first kappa shape index (κ1) is 8.70. The summed E-state index contributed by atoms with van der Waals surface area (Å²) in [4.78, 5) is 0. The monoisotopic (exact) mass is 168 g/mol. The Balaban J connectivity index is 2.39. The standard InChI is InChI=1S/C9H13OP/c1-8(10)7-11-9-5-3-2-4-6-9/h2-6,8,10-11H,7H2,1H3. The normalized spacial score (nSPS) is 14.0. The van der Waals surface area contributed by atoms with E-state index in [1.807, 2.05) is 25.1 Å². The summed E-state index contributed by atoms with van der Waals surface area (Å²) in [5.74, 6) is 0. The van der Waals surface area contributed by atoms with Crippen LogP contribution < -0.4 is 5.30 Å². The number of benzene rings is 1. The number of aliphatic hydroxyl groups excluding tert-OH is 1. The number of hydrogen-bond acceptors (Lipinski definition) is 1. The van der Waals surface area contributed by atoms with Crippen LogP contribution in [-0.4, -0.2) is 17.4 Å². The van der Waals surface area contributed by atoms with E-state index in [9.17, 15) is 0 Å². The van der Waals surface area contributed by atoms with Gasteiger partial charge in [-0.3, -0.25) is 0 Å². The molecule has 0 amide bonds. The highest BCUT2D eigenvalue weighted by atomic mass is 31.1. The summed E-state index contributed by atoms with van der Waals surface area (Å²) < 4.78 is 0. The molecule has 60 valence electrons. The molecule has 0 bridgehead atoms. The van der Waals surface area contributed by atoms with Gasteiger partial charge in [-0.1, -0.05) is 38.9 Å². The van der Waals surface area contributed by atoms with Gasteiger partial charge in [0.15, 0.2) is 0 Å². The Hall–Kier alpha value is -0.390. The molecule has 1 rings (SSSR count). The zero-order chi connectivity index (χ0) is 8.10. The zero-order valence-electron chi connectivity index (χ0n) is 6.62. The van der Waals surface area contributed by atoms with Crippen LogP contribution in [0.25, 0.3) is 0 Å². The molecule has 0 aliphatic carbocycles. The van der Waals surface area contributed by atoms with E-state index in [1.54, 1.807) is 0 Å². The second-order valence-corrected chi connectivity index (χ2v) is 3.94. The highest BCUT2D eigenvalue weighted by Crippen LogP contribution is 2.10. The Morgan fingerprint density at radius 2 is 2.00 bits per heavy atom.